The van der Waals surface area contributed by atoms with E-state index >= 15 is 0 Å². The van der Waals surface area contributed by atoms with Crippen LogP contribution in [0.1, 0.15) is 5.56 Å². The largest absolute Gasteiger partial charge is 0.351 e. The van der Waals surface area contributed by atoms with Crippen LogP contribution < -0.4 is 5.32 Å². The van der Waals surface area contributed by atoms with Gasteiger partial charge in [-0.15, -0.1) is 0 Å². The van der Waals surface area contributed by atoms with Gasteiger partial charge in [0.25, 0.3) is 0 Å². The predicted molar refractivity (Wildman–Crippen MR) is 94.5 cm³/mol. The average molecular weight is 315 g/mol. The molecule has 0 unspecified atom stereocenters. The van der Waals surface area contributed by atoms with Gasteiger partial charge in [0.1, 0.15) is 0 Å². The molecule has 5 nitrogen and oxygen atoms in total. The minimum atomic E-state index is 0.693. The standard InChI is InChI=1S/C19H17N5/c1-2-7-17(8-3-1)23-13-11-20-19(23)21-15-16-6-4-9-18(14-16)24-12-5-10-22-24/h1-14H,15H2,(H,20,21). The summed E-state index contributed by atoms with van der Waals surface area (Å²) in [4.78, 5) is 4.41. The van der Waals surface area contributed by atoms with Gasteiger partial charge in [-0.25, -0.2) is 9.67 Å². The van der Waals surface area contributed by atoms with Gasteiger partial charge in [-0.05, 0) is 35.9 Å². The lowest BCUT2D eigenvalue weighted by molar-refractivity contribution is 0.877. The van der Waals surface area contributed by atoms with Crippen molar-refractivity contribution >= 4 is 5.95 Å². The Morgan fingerprint density at radius 1 is 0.833 bits per heavy atom. The molecule has 2 heterocycles. The first kappa shape index (κ1) is 14.3. The fourth-order valence-electron chi connectivity index (χ4n) is 2.64. The van der Waals surface area contributed by atoms with Crippen LogP contribution in [-0.4, -0.2) is 19.3 Å². The van der Waals surface area contributed by atoms with Crippen LogP contribution in [0.4, 0.5) is 5.95 Å². The Morgan fingerprint density at radius 3 is 2.54 bits per heavy atom. The van der Waals surface area contributed by atoms with E-state index < -0.39 is 0 Å². The lowest BCUT2D eigenvalue weighted by atomic mass is 10.2. The predicted octanol–water partition coefficient (Wildman–Crippen LogP) is 3.67. The number of para-hydroxylation sites is 1. The molecule has 0 aliphatic heterocycles. The Morgan fingerprint density at radius 2 is 1.71 bits per heavy atom. The third kappa shape index (κ3) is 2.92. The zero-order valence-electron chi connectivity index (χ0n) is 13.1. The zero-order valence-corrected chi connectivity index (χ0v) is 13.1. The molecule has 0 fully saturated rings. The monoisotopic (exact) mass is 315 g/mol. The van der Waals surface area contributed by atoms with Crippen molar-refractivity contribution < 1.29 is 0 Å². The summed E-state index contributed by atoms with van der Waals surface area (Å²) in [6, 6.07) is 20.4. The zero-order chi connectivity index (χ0) is 16.2. The summed E-state index contributed by atoms with van der Waals surface area (Å²) in [5.74, 6) is 0.825. The van der Waals surface area contributed by atoms with Crippen molar-refractivity contribution in [3.63, 3.8) is 0 Å². The molecule has 118 valence electrons. The van der Waals surface area contributed by atoms with Gasteiger partial charge in [-0.2, -0.15) is 5.10 Å². The van der Waals surface area contributed by atoms with E-state index in [1.807, 2.05) is 58.0 Å². The van der Waals surface area contributed by atoms with Gasteiger partial charge in [0.2, 0.25) is 5.95 Å². The van der Waals surface area contributed by atoms with E-state index in [2.05, 4.69) is 39.7 Å². The van der Waals surface area contributed by atoms with E-state index in [0.29, 0.717) is 6.54 Å². The molecule has 0 amide bonds. The van der Waals surface area contributed by atoms with E-state index in [0.717, 1.165) is 17.3 Å². The van der Waals surface area contributed by atoms with Gasteiger partial charge in [0, 0.05) is 37.0 Å². The molecule has 1 N–H and O–H groups in total. The Kier molecular flexibility index (Phi) is 3.81. The van der Waals surface area contributed by atoms with Crippen molar-refractivity contribution in [1.29, 1.82) is 0 Å². The Balaban J connectivity index is 1.52. The van der Waals surface area contributed by atoms with E-state index in [-0.39, 0.29) is 0 Å². The molecule has 24 heavy (non-hydrogen) atoms. The highest BCUT2D eigenvalue weighted by molar-refractivity contribution is 5.43. The first-order chi connectivity index (χ1) is 11.9. The van der Waals surface area contributed by atoms with Crippen LogP contribution in [0, 0.1) is 0 Å². The number of benzene rings is 2. The third-order valence-corrected chi connectivity index (χ3v) is 3.81. The molecule has 4 rings (SSSR count). The van der Waals surface area contributed by atoms with Gasteiger partial charge in [-0.3, -0.25) is 4.57 Å². The molecule has 0 saturated heterocycles. The van der Waals surface area contributed by atoms with Crippen molar-refractivity contribution in [2.45, 2.75) is 6.54 Å². The van der Waals surface area contributed by atoms with Gasteiger partial charge < -0.3 is 5.32 Å². The second-order valence-electron chi connectivity index (χ2n) is 5.43. The van der Waals surface area contributed by atoms with Crippen LogP contribution >= 0.6 is 0 Å². The number of hydrogen-bond acceptors (Lipinski definition) is 3. The second kappa shape index (κ2) is 6.42. The molecule has 0 atom stereocenters. The molecule has 0 saturated carbocycles. The van der Waals surface area contributed by atoms with Gasteiger partial charge in [0.05, 0.1) is 5.69 Å². The Hall–Kier alpha value is -3.34. The third-order valence-electron chi connectivity index (χ3n) is 3.81. The van der Waals surface area contributed by atoms with Crippen molar-refractivity contribution in [1.82, 2.24) is 19.3 Å². The second-order valence-corrected chi connectivity index (χ2v) is 5.43. The number of anilines is 1. The number of nitrogens with zero attached hydrogens (tertiary/aromatic N) is 4. The van der Waals surface area contributed by atoms with Crippen LogP contribution in [0.5, 0.6) is 0 Å². The van der Waals surface area contributed by atoms with Crippen molar-refractivity contribution in [2.75, 3.05) is 5.32 Å². The minimum absolute atomic E-state index is 0.693. The highest BCUT2D eigenvalue weighted by atomic mass is 15.3. The molecule has 0 spiro atoms. The van der Waals surface area contributed by atoms with E-state index in [9.17, 15) is 0 Å². The fraction of sp³-hybridized carbons (Fsp3) is 0.0526. The maximum absolute atomic E-state index is 4.41. The van der Waals surface area contributed by atoms with Crippen molar-refractivity contribution in [2.24, 2.45) is 0 Å². The highest BCUT2D eigenvalue weighted by Gasteiger charge is 2.05. The van der Waals surface area contributed by atoms with Gasteiger partial charge in [-0.1, -0.05) is 30.3 Å². The number of nitrogens with one attached hydrogen (secondary N) is 1. The number of hydrogen-bond donors (Lipinski definition) is 1. The van der Waals surface area contributed by atoms with Crippen molar-refractivity contribution in [3.05, 3.63) is 91.0 Å². The minimum Gasteiger partial charge on any atom is -0.351 e. The summed E-state index contributed by atoms with van der Waals surface area (Å²) < 4.78 is 3.89. The summed E-state index contributed by atoms with van der Waals surface area (Å²) in [5.41, 5.74) is 3.30. The number of rotatable bonds is 5. The Bertz CT molecular complexity index is 910. The van der Waals surface area contributed by atoms with E-state index in [4.69, 9.17) is 0 Å². The van der Waals surface area contributed by atoms with Gasteiger partial charge in [0.15, 0.2) is 0 Å². The van der Waals surface area contributed by atoms with Gasteiger partial charge >= 0.3 is 0 Å². The van der Waals surface area contributed by atoms with Crippen LogP contribution in [0.3, 0.4) is 0 Å². The van der Waals surface area contributed by atoms with Crippen LogP contribution in [0.2, 0.25) is 0 Å². The summed E-state index contributed by atoms with van der Waals surface area (Å²) >= 11 is 0. The quantitative estimate of drug-likeness (QED) is 0.611. The first-order valence-corrected chi connectivity index (χ1v) is 7.82. The summed E-state index contributed by atoms with van der Waals surface area (Å²) in [6.45, 7) is 0.693. The molecule has 0 bridgehead atoms. The Labute approximate surface area is 140 Å². The smallest absolute Gasteiger partial charge is 0.207 e. The molecule has 0 aliphatic rings. The lowest BCUT2D eigenvalue weighted by Crippen LogP contribution is -2.06. The number of aromatic nitrogens is 4. The average Bonchev–Trinajstić information content (AvgIpc) is 3.33. The summed E-state index contributed by atoms with van der Waals surface area (Å²) in [6.07, 6.45) is 7.48. The van der Waals surface area contributed by atoms with E-state index in [1.165, 1.54) is 5.56 Å². The summed E-state index contributed by atoms with van der Waals surface area (Å²) in [5, 5.41) is 7.67. The SMILES string of the molecule is c1ccc(-n2ccnc2NCc2cccc(-n3cccn3)c2)cc1. The lowest BCUT2D eigenvalue weighted by Gasteiger charge is -2.10. The normalized spacial score (nSPS) is 10.7. The molecule has 0 radical (unpaired) electrons. The molecule has 2 aromatic carbocycles. The molecule has 2 aromatic heterocycles. The van der Waals surface area contributed by atoms with Crippen LogP contribution in [0.15, 0.2) is 85.5 Å². The fourth-order valence-corrected chi connectivity index (χ4v) is 2.64. The van der Waals surface area contributed by atoms with Crippen LogP contribution in [-0.2, 0) is 6.54 Å². The maximum atomic E-state index is 4.41. The van der Waals surface area contributed by atoms with Crippen LogP contribution in [0.25, 0.3) is 11.4 Å². The van der Waals surface area contributed by atoms with Crippen molar-refractivity contribution in [3.8, 4) is 11.4 Å². The number of imidazole rings is 1. The maximum Gasteiger partial charge on any atom is 0.207 e. The topological polar surface area (TPSA) is 47.7 Å². The molecule has 4 aromatic rings. The van der Waals surface area contributed by atoms with E-state index in [1.54, 1.807) is 12.4 Å². The molecular formula is C19H17N5. The molecule has 5 heteroatoms. The molecule has 0 aliphatic carbocycles. The molecular weight excluding hydrogens is 298 g/mol. The first-order valence-electron chi connectivity index (χ1n) is 7.82. The summed E-state index contributed by atoms with van der Waals surface area (Å²) in [7, 11) is 0. The highest BCUT2D eigenvalue weighted by Crippen LogP contribution is 2.16.